The smallest absolute Gasteiger partial charge is 0.415 e. The Hall–Kier alpha value is -4.24. The number of hydrogen-bond acceptors (Lipinski definition) is 6. The maximum atomic E-state index is 13.5. The Kier molecular flexibility index (Phi) is 11.5. The number of amides is 2. The van der Waals surface area contributed by atoms with E-state index in [-0.39, 0.29) is 23.0 Å². The lowest BCUT2D eigenvalue weighted by Crippen LogP contribution is -2.45. The van der Waals surface area contributed by atoms with Crippen molar-refractivity contribution in [3.8, 4) is 17.2 Å². The number of carboxylic acids is 1. The van der Waals surface area contributed by atoms with E-state index in [2.05, 4.69) is 12.2 Å². The standard InChI is InChI=1S/C34H39ClN2O7/c1-4-7-10-25-18-23-19-30(42-5-2)31(43-6-3)20-24(23)21-37(25)34(41)44-26-15-13-22(14-16-26)17-29(33(39)40)36-32(38)27-11-8-9-12-28(27)35/h8-9,11-16,19-20,25,29H,4-7,10,17-18,21H2,1-3H3,(H,36,38)(H,39,40). The van der Waals surface area contributed by atoms with Gasteiger partial charge in [0, 0.05) is 19.0 Å². The van der Waals surface area contributed by atoms with Crippen LogP contribution < -0.4 is 19.5 Å². The number of carbonyl (C=O) groups is 3. The van der Waals surface area contributed by atoms with Crippen molar-refractivity contribution in [1.82, 2.24) is 10.2 Å². The molecule has 0 fully saturated rings. The number of halogens is 1. The largest absolute Gasteiger partial charge is 0.490 e. The molecule has 9 nitrogen and oxygen atoms in total. The lowest BCUT2D eigenvalue weighted by atomic mass is 9.91. The van der Waals surface area contributed by atoms with Crippen LogP contribution in [0.2, 0.25) is 5.02 Å². The Morgan fingerprint density at radius 2 is 1.64 bits per heavy atom. The summed E-state index contributed by atoms with van der Waals surface area (Å²) in [6.07, 6.45) is 3.10. The van der Waals surface area contributed by atoms with Gasteiger partial charge in [-0.3, -0.25) is 4.79 Å². The van der Waals surface area contributed by atoms with E-state index >= 15 is 0 Å². The summed E-state index contributed by atoms with van der Waals surface area (Å²) in [7, 11) is 0. The number of carbonyl (C=O) groups excluding carboxylic acids is 2. The molecule has 0 saturated heterocycles. The van der Waals surface area contributed by atoms with Crippen LogP contribution in [0.15, 0.2) is 60.7 Å². The fraction of sp³-hybridized carbons (Fsp3) is 0.382. The average molecular weight is 623 g/mol. The normalized spacial score (nSPS) is 14.7. The van der Waals surface area contributed by atoms with Crippen molar-refractivity contribution in [3.05, 3.63) is 87.9 Å². The van der Waals surface area contributed by atoms with Crippen molar-refractivity contribution in [1.29, 1.82) is 0 Å². The molecule has 2 amide bonds. The Balaban J connectivity index is 1.45. The fourth-order valence-electron chi connectivity index (χ4n) is 5.28. The summed E-state index contributed by atoms with van der Waals surface area (Å²) in [5, 5.41) is 12.5. The first kappa shape index (κ1) is 32.7. The van der Waals surface area contributed by atoms with Crippen molar-refractivity contribution in [3.63, 3.8) is 0 Å². The molecule has 0 radical (unpaired) electrons. The first-order valence-electron chi connectivity index (χ1n) is 15.0. The van der Waals surface area contributed by atoms with Crippen molar-refractivity contribution in [2.75, 3.05) is 13.2 Å². The van der Waals surface area contributed by atoms with Crippen LogP contribution in [0.25, 0.3) is 0 Å². The number of fused-ring (bicyclic) bond motifs is 1. The monoisotopic (exact) mass is 622 g/mol. The van der Waals surface area contributed by atoms with E-state index < -0.39 is 24.0 Å². The predicted molar refractivity (Wildman–Crippen MR) is 168 cm³/mol. The third-order valence-corrected chi connectivity index (χ3v) is 7.85. The van der Waals surface area contributed by atoms with Crippen LogP contribution in [-0.4, -0.2) is 53.3 Å². The molecule has 1 heterocycles. The number of hydrogen-bond donors (Lipinski definition) is 2. The molecule has 10 heteroatoms. The summed E-state index contributed by atoms with van der Waals surface area (Å²) in [6.45, 7) is 7.40. The molecule has 1 aliphatic rings. The van der Waals surface area contributed by atoms with Crippen LogP contribution in [0.1, 0.15) is 67.1 Å². The second kappa shape index (κ2) is 15.5. The summed E-state index contributed by atoms with van der Waals surface area (Å²) >= 11 is 6.09. The van der Waals surface area contributed by atoms with Gasteiger partial charge in [0.2, 0.25) is 0 Å². The van der Waals surface area contributed by atoms with Crippen molar-refractivity contribution < 1.29 is 33.7 Å². The molecule has 4 rings (SSSR count). The van der Waals surface area contributed by atoms with E-state index in [9.17, 15) is 19.5 Å². The summed E-state index contributed by atoms with van der Waals surface area (Å²) in [6, 6.07) is 15.9. The second-order valence-electron chi connectivity index (χ2n) is 10.6. The van der Waals surface area contributed by atoms with Crippen molar-refractivity contribution >= 4 is 29.6 Å². The zero-order valence-electron chi connectivity index (χ0n) is 25.3. The maximum absolute atomic E-state index is 13.5. The van der Waals surface area contributed by atoms with Crippen LogP contribution in [0.3, 0.4) is 0 Å². The molecule has 2 unspecified atom stereocenters. The number of nitrogens with zero attached hydrogens (tertiary/aromatic N) is 1. The average Bonchev–Trinajstić information content (AvgIpc) is 3.00. The summed E-state index contributed by atoms with van der Waals surface area (Å²) in [5.41, 5.74) is 2.98. The molecule has 0 spiro atoms. The molecule has 3 aromatic rings. The highest BCUT2D eigenvalue weighted by Crippen LogP contribution is 2.36. The van der Waals surface area contributed by atoms with Gasteiger partial charge in [-0.25, -0.2) is 9.59 Å². The lowest BCUT2D eigenvalue weighted by molar-refractivity contribution is -0.139. The highest BCUT2D eigenvalue weighted by atomic mass is 35.5. The molecule has 0 saturated carbocycles. The molecule has 234 valence electrons. The molecular weight excluding hydrogens is 584 g/mol. The van der Waals surface area contributed by atoms with E-state index in [1.54, 1.807) is 47.4 Å². The minimum atomic E-state index is -1.18. The number of carboxylic acid groups (broad SMARTS) is 1. The number of benzene rings is 3. The first-order chi connectivity index (χ1) is 21.2. The van der Waals surface area contributed by atoms with E-state index in [0.717, 1.165) is 30.4 Å². The number of aliphatic carboxylic acids is 1. The van der Waals surface area contributed by atoms with Gasteiger partial charge >= 0.3 is 12.1 Å². The molecule has 44 heavy (non-hydrogen) atoms. The van der Waals surface area contributed by atoms with Gasteiger partial charge in [0.05, 0.1) is 23.8 Å². The maximum Gasteiger partial charge on any atom is 0.415 e. The third kappa shape index (κ3) is 8.23. The van der Waals surface area contributed by atoms with Crippen LogP contribution >= 0.6 is 11.6 Å². The molecule has 0 aliphatic carbocycles. The minimum absolute atomic E-state index is 0.0281. The van der Waals surface area contributed by atoms with Gasteiger partial charge in [-0.2, -0.15) is 0 Å². The van der Waals surface area contributed by atoms with E-state index in [1.165, 1.54) is 6.07 Å². The van der Waals surface area contributed by atoms with Gasteiger partial charge in [-0.1, -0.05) is 55.6 Å². The fourth-order valence-corrected chi connectivity index (χ4v) is 5.50. The summed E-state index contributed by atoms with van der Waals surface area (Å²) < 4.78 is 17.4. The lowest BCUT2D eigenvalue weighted by Gasteiger charge is -2.36. The highest BCUT2D eigenvalue weighted by Gasteiger charge is 2.32. The van der Waals surface area contributed by atoms with Gasteiger partial charge in [-0.05, 0) is 79.8 Å². The number of nitrogens with one attached hydrogen (secondary N) is 1. The molecule has 0 aromatic heterocycles. The van der Waals surface area contributed by atoms with Crippen LogP contribution in [0.4, 0.5) is 4.79 Å². The third-order valence-electron chi connectivity index (χ3n) is 7.52. The predicted octanol–water partition coefficient (Wildman–Crippen LogP) is 6.68. The van der Waals surface area contributed by atoms with Gasteiger partial charge in [0.1, 0.15) is 11.8 Å². The van der Waals surface area contributed by atoms with Gasteiger partial charge < -0.3 is 29.5 Å². The number of unbranched alkanes of at least 4 members (excludes halogenated alkanes) is 1. The molecule has 3 aromatic carbocycles. The molecule has 2 atom stereocenters. The van der Waals surface area contributed by atoms with Gasteiger partial charge in [-0.15, -0.1) is 0 Å². The van der Waals surface area contributed by atoms with E-state index in [0.29, 0.717) is 49.0 Å². The quantitative estimate of drug-likeness (QED) is 0.219. The van der Waals surface area contributed by atoms with Crippen molar-refractivity contribution in [2.24, 2.45) is 0 Å². The zero-order valence-corrected chi connectivity index (χ0v) is 26.1. The zero-order chi connectivity index (χ0) is 31.6. The highest BCUT2D eigenvalue weighted by molar-refractivity contribution is 6.33. The Bertz CT molecular complexity index is 1460. The minimum Gasteiger partial charge on any atom is -0.490 e. The Morgan fingerprint density at radius 1 is 0.977 bits per heavy atom. The molecule has 2 N–H and O–H groups in total. The van der Waals surface area contributed by atoms with Crippen LogP contribution in [0.5, 0.6) is 17.2 Å². The Morgan fingerprint density at radius 3 is 2.25 bits per heavy atom. The molecular formula is C34H39ClN2O7. The molecule has 1 aliphatic heterocycles. The summed E-state index contributed by atoms with van der Waals surface area (Å²) in [4.78, 5) is 39.8. The second-order valence-corrected chi connectivity index (χ2v) is 11.0. The van der Waals surface area contributed by atoms with E-state index in [1.807, 2.05) is 26.0 Å². The number of ether oxygens (including phenoxy) is 3. The molecule has 0 bridgehead atoms. The van der Waals surface area contributed by atoms with Crippen LogP contribution in [-0.2, 0) is 24.2 Å². The van der Waals surface area contributed by atoms with Gasteiger partial charge in [0.15, 0.2) is 11.5 Å². The topological polar surface area (TPSA) is 114 Å². The Labute approximate surface area is 263 Å². The summed E-state index contributed by atoms with van der Waals surface area (Å²) in [5.74, 6) is -0.0340. The number of rotatable bonds is 13. The SMILES string of the molecule is CCCCC1Cc2cc(OCC)c(OCC)cc2CN1C(=O)Oc1ccc(CC(NC(=O)c2ccccc2Cl)C(=O)O)cc1. The van der Waals surface area contributed by atoms with Gasteiger partial charge in [0.25, 0.3) is 5.91 Å². The van der Waals surface area contributed by atoms with Crippen LogP contribution in [0, 0.1) is 0 Å². The van der Waals surface area contributed by atoms with Crippen molar-refractivity contribution in [2.45, 2.75) is 71.5 Å². The van der Waals surface area contributed by atoms with E-state index in [4.69, 9.17) is 25.8 Å². The first-order valence-corrected chi connectivity index (χ1v) is 15.4.